The average Bonchev–Trinajstić information content (AvgIpc) is 2.50. The summed E-state index contributed by atoms with van der Waals surface area (Å²) in [7, 11) is 0. The van der Waals surface area contributed by atoms with Gasteiger partial charge < -0.3 is 4.74 Å². The van der Waals surface area contributed by atoms with Gasteiger partial charge in [0.1, 0.15) is 12.6 Å². The third-order valence-electron chi connectivity index (χ3n) is 3.82. The lowest BCUT2D eigenvalue weighted by Crippen LogP contribution is -2.44. The number of rotatable bonds is 5. The standard InChI is InChI=1S/C18H19NO2/c20-18(21-14-15-8-3-1-4-9-15)17(19-12-7-13-19)16-10-5-2-6-11-16/h1-6,8-11,17H,7,12-14H2/t17-/m1/s1. The molecule has 0 aliphatic carbocycles. The summed E-state index contributed by atoms with van der Waals surface area (Å²) in [5.74, 6) is -0.162. The maximum absolute atomic E-state index is 12.5. The van der Waals surface area contributed by atoms with E-state index in [2.05, 4.69) is 4.90 Å². The maximum Gasteiger partial charge on any atom is 0.328 e. The minimum absolute atomic E-state index is 0.162. The van der Waals surface area contributed by atoms with Crippen LogP contribution in [0.3, 0.4) is 0 Å². The van der Waals surface area contributed by atoms with E-state index in [4.69, 9.17) is 4.74 Å². The zero-order valence-corrected chi connectivity index (χ0v) is 11.9. The average molecular weight is 281 g/mol. The summed E-state index contributed by atoms with van der Waals surface area (Å²) in [6, 6.07) is 19.4. The van der Waals surface area contributed by atoms with E-state index >= 15 is 0 Å². The highest BCUT2D eigenvalue weighted by Crippen LogP contribution is 2.27. The van der Waals surface area contributed by atoms with Crippen LogP contribution in [-0.2, 0) is 16.1 Å². The van der Waals surface area contributed by atoms with Crippen LogP contribution in [0.2, 0.25) is 0 Å². The van der Waals surface area contributed by atoms with Crippen LogP contribution in [-0.4, -0.2) is 24.0 Å². The molecule has 2 aromatic carbocycles. The molecule has 1 aliphatic heterocycles. The fourth-order valence-corrected chi connectivity index (χ4v) is 2.54. The molecule has 3 nitrogen and oxygen atoms in total. The van der Waals surface area contributed by atoms with E-state index < -0.39 is 0 Å². The number of likely N-dealkylation sites (tertiary alicyclic amines) is 1. The van der Waals surface area contributed by atoms with Crippen molar-refractivity contribution >= 4 is 5.97 Å². The number of hydrogen-bond donors (Lipinski definition) is 0. The summed E-state index contributed by atoms with van der Waals surface area (Å²) >= 11 is 0. The summed E-state index contributed by atoms with van der Waals surface area (Å²) in [6.45, 7) is 2.25. The van der Waals surface area contributed by atoms with Gasteiger partial charge in [0.05, 0.1) is 0 Å². The fraction of sp³-hybridized carbons (Fsp3) is 0.278. The van der Waals surface area contributed by atoms with Crippen LogP contribution in [0.25, 0.3) is 0 Å². The molecule has 1 saturated heterocycles. The largest absolute Gasteiger partial charge is 0.459 e. The first kappa shape index (κ1) is 13.8. The van der Waals surface area contributed by atoms with Gasteiger partial charge in [-0.15, -0.1) is 0 Å². The van der Waals surface area contributed by atoms with Crippen molar-refractivity contribution in [2.45, 2.75) is 19.1 Å². The van der Waals surface area contributed by atoms with Gasteiger partial charge in [-0.25, -0.2) is 4.79 Å². The number of hydrogen-bond acceptors (Lipinski definition) is 3. The molecule has 0 amide bonds. The Balaban J connectivity index is 1.69. The van der Waals surface area contributed by atoms with E-state index in [1.54, 1.807) is 0 Å². The maximum atomic E-state index is 12.5. The smallest absolute Gasteiger partial charge is 0.328 e. The van der Waals surface area contributed by atoms with Gasteiger partial charge in [0.25, 0.3) is 0 Å². The van der Waals surface area contributed by atoms with Crippen LogP contribution in [0.4, 0.5) is 0 Å². The Labute approximate surface area is 125 Å². The molecular weight excluding hydrogens is 262 g/mol. The minimum atomic E-state index is -0.274. The summed E-state index contributed by atoms with van der Waals surface area (Å²) in [5, 5.41) is 0. The molecule has 2 aromatic rings. The molecule has 0 N–H and O–H groups in total. The Hall–Kier alpha value is -2.13. The van der Waals surface area contributed by atoms with Crippen molar-refractivity contribution in [2.75, 3.05) is 13.1 Å². The third kappa shape index (κ3) is 3.31. The van der Waals surface area contributed by atoms with Gasteiger partial charge in [0, 0.05) is 13.1 Å². The van der Waals surface area contributed by atoms with Crippen molar-refractivity contribution in [3.8, 4) is 0 Å². The number of carbonyl (C=O) groups is 1. The van der Waals surface area contributed by atoms with Crippen molar-refractivity contribution in [3.05, 3.63) is 71.8 Å². The van der Waals surface area contributed by atoms with Crippen molar-refractivity contribution in [3.63, 3.8) is 0 Å². The van der Waals surface area contributed by atoms with Gasteiger partial charge >= 0.3 is 5.97 Å². The molecule has 108 valence electrons. The first-order valence-electron chi connectivity index (χ1n) is 7.34. The highest BCUT2D eigenvalue weighted by Gasteiger charge is 2.32. The summed E-state index contributed by atoms with van der Waals surface area (Å²) in [4.78, 5) is 14.7. The fourth-order valence-electron chi connectivity index (χ4n) is 2.54. The second kappa shape index (κ2) is 6.55. The van der Waals surface area contributed by atoms with Crippen molar-refractivity contribution in [1.29, 1.82) is 0 Å². The van der Waals surface area contributed by atoms with E-state index in [1.165, 1.54) is 0 Å². The zero-order chi connectivity index (χ0) is 14.5. The molecule has 0 radical (unpaired) electrons. The summed E-state index contributed by atoms with van der Waals surface area (Å²) in [5.41, 5.74) is 2.02. The number of esters is 1. The van der Waals surface area contributed by atoms with E-state index in [9.17, 15) is 4.79 Å². The monoisotopic (exact) mass is 281 g/mol. The predicted octanol–water partition coefficient (Wildman–Crippen LogP) is 3.18. The Kier molecular flexibility index (Phi) is 4.31. The summed E-state index contributed by atoms with van der Waals surface area (Å²) < 4.78 is 5.52. The first-order valence-corrected chi connectivity index (χ1v) is 7.34. The molecule has 0 unspecified atom stereocenters. The van der Waals surface area contributed by atoms with Crippen LogP contribution in [0.15, 0.2) is 60.7 Å². The molecule has 0 spiro atoms. The lowest BCUT2D eigenvalue weighted by atomic mass is 10.0. The lowest BCUT2D eigenvalue weighted by molar-refractivity contribution is -0.153. The van der Waals surface area contributed by atoms with Crippen LogP contribution < -0.4 is 0 Å². The molecule has 1 heterocycles. The van der Waals surface area contributed by atoms with Gasteiger partial charge in [-0.2, -0.15) is 0 Å². The van der Waals surface area contributed by atoms with Crippen molar-refractivity contribution < 1.29 is 9.53 Å². The van der Waals surface area contributed by atoms with E-state index in [0.29, 0.717) is 6.61 Å². The van der Waals surface area contributed by atoms with Crippen LogP contribution in [0.1, 0.15) is 23.6 Å². The highest BCUT2D eigenvalue weighted by atomic mass is 16.5. The highest BCUT2D eigenvalue weighted by molar-refractivity contribution is 5.77. The number of benzene rings is 2. The van der Waals surface area contributed by atoms with Gasteiger partial charge in [0.2, 0.25) is 0 Å². The summed E-state index contributed by atoms with van der Waals surface area (Å²) in [6.07, 6.45) is 1.15. The molecule has 0 bridgehead atoms. The lowest BCUT2D eigenvalue weighted by Gasteiger charge is -2.37. The van der Waals surface area contributed by atoms with Gasteiger partial charge in [0.15, 0.2) is 0 Å². The van der Waals surface area contributed by atoms with Crippen LogP contribution in [0.5, 0.6) is 0 Å². The Morgan fingerprint density at radius 1 is 1.00 bits per heavy atom. The van der Waals surface area contributed by atoms with E-state index in [0.717, 1.165) is 30.6 Å². The third-order valence-corrected chi connectivity index (χ3v) is 3.82. The normalized spacial score (nSPS) is 16.0. The van der Waals surface area contributed by atoms with Gasteiger partial charge in [-0.3, -0.25) is 4.90 Å². The molecular formula is C18H19NO2. The predicted molar refractivity (Wildman–Crippen MR) is 81.6 cm³/mol. The molecule has 3 rings (SSSR count). The first-order chi connectivity index (χ1) is 10.3. The zero-order valence-electron chi connectivity index (χ0n) is 11.9. The minimum Gasteiger partial charge on any atom is -0.459 e. The molecule has 0 aromatic heterocycles. The van der Waals surface area contributed by atoms with E-state index in [-0.39, 0.29) is 12.0 Å². The number of ether oxygens (including phenoxy) is 1. The number of nitrogens with zero attached hydrogens (tertiary/aromatic N) is 1. The van der Waals surface area contributed by atoms with Crippen molar-refractivity contribution in [2.24, 2.45) is 0 Å². The molecule has 1 fully saturated rings. The Morgan fingerprint density at radius 3 is 2.19 bits per heavy atom. The van der Waals surface area contributed by atoms with Crippen LogP contribution >= 0.6 is 0 Å². The SMILES string of the molecule is O=C(OCc1ccccc1)[C@@H](c1ccccc1)N1CCC1. The number of carbonyl (C=O) groups excluding carboxylic acids is 1. The van der Waals surface area contributed by atoms with Crippen molar-refractivity contribution in [1.82, 2.24) is 4.90 Å². The molecule has 0 saturated carbocycles. The Morgan fingerprint density at radius 2 is 1.62 bits per heavy atom. The quantitative estimate of drug-likeness (QED) is 0.788. The molecule has 1 aliphatic rings. The molecule has 1 atom stereocenters. The van der Waals surface area contributed by atoms with Crippen LogP contribution in [0, 0.1) is 0 Å². The van der Waals surface area contributed by atoms with E-state index in [1.807, 2.05) is 60.7 Å². The van der Waals surface area contributed by atoms with Gasteiger partial charge in [-0.1, -0.05) is 60.7 Å². The topological polar surface area (TPSA) is 29.5 Å². The molecule has 21 heavy (non-hydrogen) atoms. The second-order valence-electron chi connectivity index (χ2n) is 5.30. The Bertz CT molecular complexity index is 579. The van der Waals surface area contributed by atoms with Gasteiger partial charge in [-0.05, 0) is 17.5 Å². The molecule has 3 heteroatoms. The second-order valence-corrected chi connectivity index (χ2v) is 5.30.